The van der Waals surface area contributed by atoms with Crippen LogP contribution < -0.4 is 20.8 Å². The van der Waals surface area contributed by atoms with Gasteiger partial charge in [-0.25, -0.2) is 4.98 Å². The van der Waals surface area contributed by atoms with Crippen LogP contribution in [0.25, 0.3) is 16.6 Å². The SMILES string of the molecule is COc1ccc(Nc2cc3c(cn2)c(=O)cc(Nc2ccccc2)n3-c2ccccc2)cc1. The maximum Gasteiger partial charge on any atom is 0.193 e. The van der Waals surface area contributed by atoms with Crippen LogP contribution in [0.1, 0.15) is 0 Å². The van der Waals surface area contributed by atoms with Crippen molar-refractivity contribution < 1.29 is 4.74 Å². The van der Waals surface area contributed by atoms with Gasteiger partial charge >= 0.3 is 0 Å². The molecule has 0 aliphatic carbocycles. The van der Waals surface area contributed by atoms with Gasteiger partial charge in [0.1, 0.15) is 17.4 Å². The summed E-state index contributed by atoms with van der Waals surface area (Å²) in [6, 6.07) is 30.8. The molecule has 6 nitrogen and oxygen atoms in total. The largest absolute Gasteiger partial charge is 0.497 e. The van der Waals surface area contributed by atoms with Gasteiger partial charge in [-0.15, -0.1) is 0 Å². The first-order valence-corrected chi connectivity index (χ1v) is 10.6. The quantitative estimate of drug-likeness (QED) is 0.349. The number of fused-ring (bicyclic) bond motifs is 1. The number of ether oxygens (including phenoxy) is 1. The first-order chi connectivity index (χ1) is 16.2. The highest BCUT2D eigenvalue weighted by Crippen LogP contribution is 2.27. The summed E-state index contributed by atoms with van der Waals surface area (Å²) < 4.78 is 7.26. The molecule has 0 saturated heterocycles. The molecule has 0 radical (unpaired) electrons. The van der Waals surface area contributed by atoms with E-state index in [-0.39, 0.29) is 5.43 Å². The number of benzene rings is 3. The Hall–Kier alpha value is -4.58. The molecular formula is C27H22N4O2. The van der Waals surface area contributed by atoms with Crippen LogP contribution >= 0.6 is 0 Å². The average molecular weight is 434 g/mol. The third-order valence-electron chi connectivity index (χ3n) is 5.32. The molecule has 5 rings (SSSR count). The van der Waals surface area contributed by atoms with E-state index in [9.17, 15) is 4.79 Å². The fourth-order valence-electron chi connectivity index (χ4n) is 3.72. The van der Waals surface area contributed by atoms with E-state index in [1.165, 1.54) is 0 Å². The van der Waals surface area contributed by atoms with Crippen molar-refractivity contribution in [1.29, 1.82) is 0 Å². The van der Waals surface area contributed by atoms with Crippen molar-refractivity contribution in [2.24, 2.45) is 0 Å². The van der Waals surface area contributed by atoms with E-state index in [2.05, 4.69) is 15.6 Å². The van der Waals surface area contributed by atoms with Crippen molar-refractivity contribution >= 4 is 33.9 Å². The summed E-state index contributed by atoms with van der Waals surface area (Å²) in [6.45, 7) is 0. The van der Waals surface area contributed by atoms with Gasteiger partial charge in [0.2, 0.25) is 0 Å². The zero-order chi connectivity index (χ0) is 22.6. The number of methoxy groups -OCH3 is 1. The van der Waals surface area contributed by atoms with Crippen LogP contribution in [-0.4, -0.2) is 16.7 Å². The molecule has 3 aromatic carbocycles. The third-order valence-corrected chi connectivity index (χ3v) is 5.32. The topological polar surface area (TPSA) is 68.2 Å². The number of pyridine rings is 2. The lowest BCUT2D eigenvalue weighted by Gasteiger charge is -2.19. The smallest absolute Gasteiger partial charge is 0.193 e. The van der Waals surface area contributed by atoms with Crippen LogP contribution in [0.5, 0.6) is 5.75 Å². The molecule has 2 aromatic heterocycles. The first-order valence-electron chi connectivity index (χ1n) is 10.6. The van der Waals surface area contributed by atoms with Crippen molar-refractivity contribution in [2.75, 3.05) is 17.7 Å². The summed E-state index contributed by atoms with van der Waals surface area (Å²) in [5, 5.41) is 7.25. The second-order valence-corrected chi connectivity index (χ2v) is 7.50. The van der Waals surface area contributed by atoms with Crippen molar-refractivity contribution in [3.05, 3.63) is 113 Å². The van der Waals surface area contributed by atoms with E-state index in [0.29, 0.717) is 17.0 Å². The molecule has 5 aromatic rings. The fourth-order valence-corrected chi connectivity index (χ4v) is 3.72. The minimum atomic E-state index is -0.0980. The van der Waals surface area contributed by atoms with E-state index >= 15 is 0 Å². The molecule has 0 amide bonds. The Kier molecular flexibility index (Phi) is 5.47. The van der Waals surface area contributed by atoms with E-state index in [1.807, 2.05) is 95.6 Å². The Morgan fingerprint density at radius 1 is 0.788 bits per heavy atom. The third kappa shape index (κ3) is 4.27. The first kappa shape index (κ1) is 20.3. The van der Waals surface area contributed by atoms with Gasteiger partial charge in [0.25, 0.3) is 0 Å². The summed E-state index contributed by atoms with van der Waals surface area (Å²) >= 11 is 0. The number of rotatable bonds is 6. The highest BCUT2D eigenvalue weighted by molar-refractivity contribution is 5.86. The zero-order valence-corrected chi connectivity index (χ0v) is 18.0. The van der Waals surface area contributed by atoms with E-state index < -0.39 is 0 Å². The molecule has 0 bridgehead atoms. The number of hydrogen-bond donors (Lipinski definition) is 2. The Labute approximate surface area is 191 Å². The summed E-state index contributed by atoms with van der Waals surface area (Å²) in [6.07, 6.45) is 1.62. The maximum atomic E-state index is 13.0. The Bertz CT molecular complexity index is 1450. The molecule has 0 saturated carbocycles. The minimum absolute atomic E-state index is 0.0980. The molecule has 33 heavy (non-hydrogen) atoms. The van der Waals surface area contributed by atoms with E-state index in [1.54, 1.807) is 19.4 Å². The Morgan fingerprint density at radius 3 is 2.15 bits per heavy atom. The normalized spacial score (nSPS) is 10.7. The maximum absolute atomic E-state index is 13.0. The van der Waals surface area contributed by atoms with Crippen LogP contribution in [-0.2, 0) is 0 Å². The molecule has 2 N–H and O–H groups in total. The number of hydrogen-bond acceptors (Lipinski definition) is 5. The van der Waals surface area contributed by atoms with E-state index in [0.717, 1.165) is 28.3 Å². The van der Waals surface area contributed by atoms with Crippen molar-refractivity contribution in [1.82, 2.24) is 9.55 Å². The van der Waals surface area contributed by atoms with Crippen LogP contribution in [0.4, 0.5) is 23.0 Å². The monoisotopic (exact) mass is 434 g/mol. The predicted molar refractivity (Wildman–Crippen MR) is 133 cm³/mol. The van der Waals surface area contributed by atoms with Gasteiger partial charge in [-0.2, -0.15) is 0 Å². The standard InChI is InChI=1S/C27H22N4O2/c1-33-22-14-12-20(13-15-22)29-26-16-24-23(18-28-26)25(32)17-27(30-19-8-4-2-5-9-19)31(24)21-10-6-3-7-11-21/h2-18,30H,1H3,(H,28,29). The van der Waals surface area contributed by atoms with E-state index in [4.69, 9.17) is 4.74 Å². The molecule has 0 aliphatic heterocycles. The molecule has 0 spiro atoms. The van der Waals surface area contributed by atoms with Crippen LogP contribution in [0.2, 0.25) is 0 Å². The molecular weight excluding hydrogens is 412 g/mol. The Balaban J connectivity index is 1.66. The van der Waals surface area contributed by atoms with Gasteiger partial charge < -0.3 is 15.4 Å². The molecule has 0 atom stereocenters. The van der Waals surface area contributed by atoms with Crippen LogP contribution in [0.15, 0.2) is 108 Å². The molecule has 0 aliphatic rings. The highest BCUT2D eigenvalue weighted by Gasteiger charge is 2.13. The summed E-state index contributed by atoms with van der Waals surface area (Å²) in [5.41, 5.74) is 3.35. The average Bonchev–Trinajstić information content (AvgIpc) is 2.86. The number of anilines is 4. The lowest BCUT2D eigenvalue weighted by molar-refractivity contribution is 0.415. The number of aromatic nitrogens is 2. The second-order valence-electron chi connectivity index (χ2n) is 7.50. The molecule has 162 valence electrons. The molecule has 2 heterocycles. The number of nitrogens with zero attached hydrogens (tertiary/aromatic N) is 2. The van der Waals surface area contributed by atoms with Gasteiger partial charge in [0.15, 0.2) is 5.43 Å². The van der Waals surface area contributed by atoms with Crippen molar-refractivity contribution in [3.63, 3.8) is 0 Å². The fraction of sp³-hybridized carbons (Fsp3) is 0.0370. The number of nitrogens with one attached hydrogen (secondary N) is 2. The molecule has 6 heteroatoms. The van der Waals surface area contributed by atoms with Crippen LogP contribution in [0.3, 0.4) is 0 Å². The predicted octanol–water partition coefficient (Wildman–Crippen LogP) is 5.88. The van der Waals surface area contributed by atoms with Gasteiger partial charge in [0.05, 0.1) is 18.0 Å². The summed E-state index contributed by atoms with van der Waals surface area (Å²) in [7, 11) is 1.64. The van der Waals surface area contributed by atoms with Gasteiger partial charge in [-0.1, -0.05) is 36.4 Å². The molecule has 0 fully saturated rings. The summed E-state index contributed by atoms with van der Waals surface area (Å²) in [4.78, 5) is 17.5. The van der Waals surface area contributed by atoms with Crippen molar-refractivity contribution in [3.8, 4) is 11.4 Å². The van der Waals surface area contributed by atoms with Gasteiger partial charge in [-0.05, 0) is 48.5 Å². The summed E-state index contributed by atoms with van der Waals surface area (Å²) in [5.74, 6) is 2.08. The van der Waals surface area contributed by atoms with Gasteiger partial charge in [0, 0.05) is 35.4 Å². The minimum Gasteiger partial charge on any atom is -0.497 e. The zero-order valence-electron chi connectivity index (χ0n) is 18.0. The highest BCUT2D eigenvalue weighted by atomic mass is 16.5. The Morgan fingerprint density at radius 2 is 1.45 bits per heavy atom. The van der Waals surface area contributed by atoms with Crippen molar-refractivity contribution in [2.45, 2.75) is 0 Å². The van der Waals surface area contributed by atoms with Crippen LogP contribution in [0, 0.1) is 0 Å². The lowest BCUT2D eigenvalue weighted by Crippen LogP contribution is -2.13. The van der Waals surface area contributed by atoms with Gasteiger partial charge in [-0.3, -0.25) is 9.36 Å². The number of para-hydroxylation sites is 2. The second kappa shape index (κ2) is 8.88. The molecule has 0 unspecified atom stereocenters. The lowest BCUT2D eigenvalue weighted by atomic mass is 10.2.